The molecule has 0 bridgehead atoms. The molecule has 10 heteroatoms. The summed E-state index contributed by atoms with van der Waals surface area (Å²) in [6.07, 6.45) is 0.498. The molecule has 0 aliphatic heterocycles. The summed E-state index contributed by atoms with van der Waals surface area (Å²) < 4.78 is 8.22. The molecule has 0 amide bonds. The number of hydrogen-bond donors (Lipinski definition) is 2. The van der Waals surface area contributed by atoms with Gasteiger partial charge in [0.15, 0.2) is 0 Å². The molecule has 0 aliphatic rings. The number of nitrogens with zero attached hydrogens (tertiary/aromatic N) is 2. The Morgan fingerprint density at radius 3 is 1.47 bits per heavy atom. The van der Waals surface area contributed by atoms with Gasteiger partial charge in [0.25, 0.3) is 11.9 Å². The zero-order valence-corrected chi connectivity index (χ0v) is 13.4. The van der Waals surface area contributed by atoms with Crippen LogP contribution in [0.2, 0.25) is 0 Å². The molecular weight excluding hydrogens is 379 g/mol. The number of carboxylic acid groups (broad SMARTS) is 2. The van der Waals surface area contributed by atoms with Crippen LogP contribution in [0.4, 0.5) is 0 Å². The predicted octanol–water partition coefficient (Wildman–Crippen LogP) is 0.00280. The van der Waals surface area contributed by atoms with Crippen LogP contribution in [0.1, 0.15) is 6.42 Å². The van der Waals surface area contributed by atoms with E-state index in [1.807, 2.05) is 0 Å². The standard InChI is InChI=1S/C9H16N2O4S2.O.Tc/c12-8(13)6(4-16)10-2-1-3-11-7(5-17)9(14)15;;/h6-7,16-17H,1-5H2,(H,12,13)(H,14,15);;/q-2;;+4/p-2/t6-,7-;;/m0../s1/i;;1+1. The normalized spacial score (nSPS) is 13.1. The first-order valence-electron chi connectivity index (χ1n) is 5.13. The molecule has 109 valence electrons. The molecule has 19 heavy (non-hydrogen) atoms. The van der Waals surface area contributed by atoms with E-state index >= 15 is 0 Å². The molecule has 0 saturated carbocycles. The molecule has 0 aromatic carbocycles. The van der Waals surface area contributed by atoms with E-state index in [1.165, 1.54) is 0 Å². The Morgan fingerprint density at radius 2 is 1.26 bits per heavy atom. The van der Waals surface area contributed by atoms with Crippen molar-refractivity contribution in [2.45, 2.75) is 18.5 Å². The molecule has 0 spiro atoms. The van der Waals surface area contributed by atoms with Gasteiger partial charge in [-0.25, -0.2) is 0 Å². The third kappa shape index (κ3) is 11.5. The van der Waals surface area contributed by atoms with Crippen LogP contribution in [-0.2, 0) is 57.2 Å². The van der Waals surface area contributed by atoms with E-state index < -0.39 is 24.0 Å². The molecule has 0 fully saturated rings. The van der Waals surface area contributed by atoms with E-state index in [0.717, 1.165) is 18.9 Å². The van der Waals surface area contributed by atoms with Gasteiger partial charge in [0.1, 0.15) is 0 Å². The minimum absolute atomic E-state index is 0.0381. The fourth-order valence-electron chi connectivity index (χ4n) is 0.969. The van der Waals surface area contributed by atoms with Crippen LogP contribution >= 0.6 is 0 Å². The van der Waals surface area contributed by atoms with Crippen LogP contribution in [-0.4, -0.2) is 58.8 Å². The Labute approximate surface area is 133 Å². The molecule has 2 N–H and O–H groups in total. The van der Waals surface area contributed by atoms with Crippen LogP contribution in [0.3, 0.4) is 0 Å². The Kier molecular flexibility index (Phi) is 16.2. The molecular formula is C9H14N2O5S2Tc. The van der Waals surface area contributed by atoms with Gasteiger partial charge in [0.05, 0.1) is 0 Å². The van der Waals surface area contributed by atoms with Gasteiger partial charge in [-0.3, -0.25) is 9.59 Å². The average Bonchev–Trinajstić information content (AvgIpc) is 2.39. The summed E-state index contributed by atoms with van der Waals surface area (Å²) in [5.74, 6) is -2.00. The Balaban J connectivity index is 0. The van der Waals surface area contributed by atoms with Crippen LogP contribution < -0.4 is 0 Å². The van der Waals surface area contributed by atoms with Crippen molar-refractivity contribution in [3.8, 4) is 0 Å². The second kappa shape index (κ2) is 14.4. The summed E-state index contributed by atoms with van der Waals surface area (Å²) in [5, 5.41) is 25.1. The van der Waals surface area contributed by atoms with E-state index in [2.05, 4.69) is 35.9 Å². The number of rotatable bonds is 10. The Bertz CT molecular complexity index is 249. The first kappa shape index (κ1) is 21.3. The molecule has 0 rings (SSSR count). The van der Waals surface area contributed by atoms with Gasteiger partial charge in [-0.1, -0.05) is 18.5 Å². The monoisotopic (exact) mass is 393 g/mol. The first-order valence-corrected chi connectivity index (χ1v) is 7.04. The fourth-order valence-corrected chi connectivity index (χ4v) is 1.47. The predicted molar refractivity (Wildman–Crippen MR) is 69.1 cm³/mol. The summed E-state index contributed by atoms with van der Waals surface area (Å²) in [5.41, 5.74) is 0. The number of carbonyl (C=O) groups is 2. The Hall–Kier alpha value is 0.00935. The zero-order valence-electron chi connectivity index (χ0n) is 9.90. The van der Waals surface area contributed by atoms with Crippen molar-refractivity contribution in [1.29, 1.82) is 0 Å². The molecule has 0 aliphatic carbocycles. The maximum absolute atomic E-state index is 10.6. The van der Waals surface area contributed by atoms with Crippen molar-refractivity contribution < 1.29 is 42.2 Å². The van der Waals surface area contributed by atoms with Gasteiger partial charge in [0.2, 0.25) is 0 Å². The van der Waals surface area contributed by atoms with Crippen molar-refractivity contribution >= 4 is 37.2 Å². The summed E-state index contributed by atoms with van der Waals surface area (Å²) in [6.45, 7) is 0.613. The number of carboxylic acids is 2. The van der Waals surface area contributed by atoms with Gasteiger partial charge >= 0.3 is 22.4 Å². The van der Waals surface area contributed by atoms with Gasteiger partial charge in [0, 0.05) is 0 Å². The molecule has 7 nitrogen and oxygen atoms in total. The van der Waals surface area contributed by atoms with E-state index in [9.17, 15) is 9.59 Å². The van der Waals surface area contributed by atoms with Gasteiger partial charge in [-0.15, -0.1) is 0 Å². The fraction of sp³-hybridized carbons (Fsp3) is 0.778. The second-order valence-corrected chi connectivity index (χ2v) is 3.87. The van der Waals surface area contributed by atoms with Gasteiger partial charge in [-0.05, 0) is 0 Å². The van der Waals surface area contributed by atoms with Crippen molar-refractivity contribution in [1.82, 2.24) is 0 Å². The van der Waals surface area contributed by atoms with Crippen LogP contribution in [0.15, 0.2) is 0 Å². The van der Waals surface area contributed by atoms with Crippen molar-refractivity contribution in [3.05, 3.63) is 10.6 Å². The van der Waals surface area contributed by atoms with E-state index in [4.69, 9.17) is 13.7 Å². The summed E-state index contributed by atoms with van der Waals surface area (Å²) >= 11 is 10.2. The van der Waals surface area contributed by atoms with Crippen LogP contribution in [0, 0.1) is 0 Å². The molecule has 0 aromatic rings. The minimum atomic E-state index is -1.04. The number of hydrogen-bond acceptors (Lipinski definition) is 5. The van der Waals surface area contributed by atoms with Gasteiger partial charge in [-0.2, -0.15) is 24.6 Å². The van der Waals surface area contributed by atoms with Crippen molar-refractivity contribution in [2.24, 2.45) is 0 Å². The van der Waals surface area contributed by atoms with Crippen LogP contribution in [0.5, 0.6) is 0 Å². The summed E-state index contributed by atoms with van der Waals surface area (Å²) in [6, 6.07) is -1.72. The SMILES string of the molecule is O=C(O)[C@H](C[S-])[N-]CCC[N-][C@@H](C[S-])C(=O)O.[O]=[99Tc+4]. The van der Waals surface area contributed by atoms with E-state index in [-0.39, 0.29) is 11.5 Å². The quantitative estimate of drug-likeness (QED) is 0.396. The molecule has 0 heterocycles. The molecule has 0 unspecified atom stereocenters. The maximum atomic E-state index is 10.6. The summed E-state index contributed by atoms with van der Waals surface area (Å²) in [7, 11) is 0. The van der Waals surface area contributed by atoms with Crippen molar-refractivity contribution in [3.63, 3.8) is 0 Å². The summed E-state index contributed by atoms with van der Waals surface area (Å²) in [4.78, 5) is 21.1. The topological polar surface area (TPSA) is 120 Å². The van der Waals surface area contributed by atoms with E-state index in [0.29, 0.717) is 19.5 Å². The van der Waals surface area contributed by atoms with Crippen molar-refractivity contribution in [2.75, 3.05) is 24.6 Å². The molecule has 2 atom stereocenters. The Morgan fingerprint density at radius 1 is 0.947 bits per heavy atom. The third-order valence-corrected chi connectivity index (χ3v) is 2.53. The molecule has 0 radical (unpaired) electrons. The number of aliphatic carboxylic acids is 2. The molecule has 0 saturated heterocycles. The zero-order chi connectivity index (χ0) is 15.3. The second-order valence-electron chi connectivity index (χ2n) is 3.21. The van der Waals surface area contributed by atoms with E-state index in [1.54, 1.807) is 0 Å². The van der Waals surface area contributed by atoms with Crippen LogP contribution in [0.25, 0.3) is 10.6 Å². The third-order valence-electron chi connectivity index (χ3n) is 1.90. The molecule has 0 aromatic heterocycles. The first-order chi connectivity index (χ1) is 9.02. The van der Waals surface area contributed by atoms with Gasteiger partial charge < -0.3 is 46.1 Å². The average molecular weight is 393 g/mol.